The summed E-state index contributed by atoms with van der Waals surface area (Å²) in [7, 11) is 0. The minimum atomic E-state index is -0.130. The lowest BCUT2D eigenvalue weighted by Crippen LogP contribution is -2.29. The highest BCUT2D eigenvalue weighted by Gasteiger charge is 2.32. The van der Waals surface area contributed by atoms with E-state index in [1.54, 1.807) is 0 Å². The quantitative estimate of drug-likeness (QED) is 0.469. The van der Waals surface area contributed by atoms with E-state index in [1.165, 1.54) is 0 Å². The molecule has 0 amide bonds. The van der Waals surface area contributed by atoms with Crippen LogP contribution in [-0.2, 0) is 4.79 Å². The summed E-state index contributed by atoms with van der Waals surface area (Å²) in [6.45, 7) is 7.74. The van der Waals surface area contributed by atoms with E-state index in [0.717, 1.165) is 24.8 Å². The highest BCUT2D eigenvalue weighted by molar-refractivity contribution is 5.99. The highest BCUT2D eigenvalue weighted by atomic mass is 16.1. The van der Waals surface area contributed by atoms with Crippen LogP contribution in [0.25, 0.3) is 0 Å². The molecule has 0 aliphatic heterocycles. The summed E-state index contributed by atoms with van der Waals surface area (Å²) in [6.07, 6.45) is 3.05. The van der Waals surface area contributed by atoms with Gasteiger partial charge in [-0.3, -0.25) is 4.79 Å². The first-order valence-electron chi connectivity index (χ1n) is 3.76. The number of rotatable bonds is 0. The van der Waals surface area contributed by atoms with Crippen LogP contribution in [0.1, 0.15) is 33.1 Å². The zero-order valence-electron chi connectivity index (χ0n) is 6.74. The van der Waals surface area contributed by atoms with Gasteiger partial charge in [-0.1, -0.05) is 20.4 Å². The van der Waals surface area contributed by atoms with Crippen LogP contribution in [-0.4, -0.2) is 5.78 Å². The molecule has 0 aromatic heterocycles. The molecule has 1 aliphatic rings. The molecule has 1 nitrogen and oxygen atoms in total. The molecule has 0 heterocycles. The molecule has 0 atom stereocenters. The normalized spacial score (nSPS) is 25.0. The maximum Gasteiger partial charge on any atom is 0.163 e. The van der Waals surface area contributed by atoms with E-state index in [1.807, 2.05) is 13.8 Å². The zero-order chi connectivity index (χ0) is 7.78. The molecule has 1 saturated carbocycles. The Balaban J connectivity index is 2.79. The number of carbonyl (C=O) groups excluding carboxylic acids is 1. The van der Waals surface area contributed by atoms with Crippen molar-refractivity contribution in [1.82, 2.24) is 0 Å². The monoisotopic (exact) mass is 138 g/mol. The number of allylic oxidation sites excluding steroid dienone is 1. The van der Waals surface area contributed by atoms with Crippen molar-refractivity contribution >= 4 is 5.78 Å². The maximum absolute atomic E-state index is 11.3. The Morgan fingerprint density at radius 1 is 1.50 bits per heavy atom. The first-order chi connectivity index (χ1) is 4.54. The van der Waals surface area contributed by atoms with Crippen molar-refractivity contribution in [3.63, 3.8) is 0 Å². The highest BCUT2D eigenvalue weighted by Crippen LogP contribution is 2.33. The van der Waals surface area contributed by atoms with Crippen molar-refractivity contribution in [3.8, 4) is 0 Å². The molecule has 1 aliphatic carbocycles. The van der Waals surface area contributed by atoms with Crippen molar-refractivity contribution in [3.05, 3.63) is 12.2 Å². The van der Waals surface area contributed by atoms with Crippen LogP contribution < -0.4 is 0 Å². The summed E-state index contributed by atoms with van der Waals surface area (Å²) < 4.78 is 0. The van der Waals surface area contributed by atoms with Gasteiger partial charge in [0, 0.05) is 5.41 Å². The van der Waals surface area contributed by atoms with E-state index in [-0.39, 0.29) is 11.2 Å². The predicted molar refractivity (Wildman–Crippen MR) is 41.8 cm³/mol. The Labute approximate surface area is 62.1 Å². The van der Waals surface area contributed by atoms with E-state index < -0.39 is 0 Å². The first-order valence-corrected chi connectivity index (χ1v) is 3.76. The molecule has 0 N–H and O–H groups in total. The minimum absolute atomic E-state index is 0.130. The molecule has 1 heteroatoms. The Morgan fingerprint density at radius 3 is 2.50 bits per heavy atom. The van der Waals surface area contributed by atoms with Crippen LogP contribution in [0.15, 0.2) is 12.2 Å². The molecule has 0 spiro atoms. The lowest BCUT2D eigenvalue weighted by atomic mass is 9.74. The molecule has 0 bridgehead atoms. The van der Waals surface area contributed by atoms with Gasteiger partial charge in [0.25, 0.3) is 0 Å². The second-order valence-corrected chi connectivity index (χ2v) is 3.67. The van der Waals surface area contributed by atoms with E-state index in [4.69, 9.17) is 0 Å². The van der Waals surface area contributed by atoms with Crippen molar-refractivity contribution in [2.24, 2.45) is 5.41 Å². The summed E-state index contributed by atoms with van der Waals surface area (Å²) >= 11 is 0. The second kappa shape index (κ2) is 2.22. The molecule has 10 heavy (non-hydrogen) atoms. The summed E-state index contributed by atoms with van der Waals surface area (Å²) in [6, 6.07) is 0. The van der Waals surface area contributed by atoms with Crippen molar-refractivity contribution in [2.75, 3.05) is 0 Å². The average molecular weight is 138 g/mol. The van der Waals surface area contributed by atoms with Crippen LogP contribution in [0.5, 0.6) is 0 Å². The van der Waals surface area contributed by atoms with Gasteiger partial charge in [0.15, 0.2) is 5.78 Å². The van der Waals surface area contributed by atoms with E-state index >= 15 is 0 Å². The number of hydrogen-bond donors (Lipinski definition) is 0. The van der Waals surface area contributed by atoms with Gasteiger partial charge >= 0.3 is 0 Å². The molecule has 0 radical (unpaired) electrons. The Morgan fingerprint density at radius 2 is 2.10 bits per heavy atom. The second-order valence-electron chi connectivity index (χ2n) is 3.67. The van der Waals surface area contributed by atoms with Gasteiger partial charge in [0.1, 0.15) is 0 Å². The maximum atomic E-state index is 11.3. The number of hydrogen-bond acceptors (Lipinski definition) is 1. The van der Waals surface area contributed by atoms with E-state index in [2.05, 4.69) is 6.58 Å². The SMILES string of the molecule is C=C1CCCC(C)(C)C1=O. The Kier molecular flexibility index (Phi) is 1.67. The molecule has 1 rings (SSSR count). The van der Waals surface area contributed by atoms with Crippen LogP contribution in [0, 0.1) is 5.41 Å². The van der Waals surface area contributed by atoms with Gasteiger partial charge in [-0.15, -0.1) is 0 Å². The molecule has 0 aromatic rings. The first kappa shape index (κ1) is 7.52. The molecule has 56 valence electrons. The molecule has 1 fully saturated rings. The molecule has 0 saturated heterocycles. The fourth-order valence-electron chi connectivity index (χ4n) is 1.45. The van der Waals surface area contributed by atoms with Gasteiger partial charge in [-0.2, -0.15) is 0 Å². The van der Waals surface area contributed by atoms with Crippen LogP contribution in [0.2, 0.25) is 0 Å². The number of Topliss-reactive ketones (excluding diaryl/α,β-unsaturated/α-hetero) is 1. The van der Waals surface area contributed by atoms with Gasteiger partial charge in [0.05, 0.1) is 0 Å². The predicted octanol–water partition coefficient (Wildman–Crippen LogP) is 2.32. The molecule has 0 unspecified atom stereocenters. The topological polar surface area (TPSA) is 17.1 Å². The van der Waals surface area contributed by atoms with Crippen LogP contribution >= 0.6 is 0 Å². The third-order valence-corrected chi connectivity index (χ3v) is 2.22. The zero-order valence-corrected chi connectivity index (χ0v) is 6.74. The van der Waals surface area contributed by atoms with Crippen LogP contribution in [0.4, 0.5) is 0 Å². The largest absolute Gasteiger partial charge is 0.294 e. The van der Waals surface area contributed by atoms with E-state index in [9.17, 15) is 4.79 Å². The number of ketones is 1. The van der Waals surface area contributed by atoms with E-state index in [0.29, 0.717) is 0 Å². The fourth-order valence-corrected chi connectivity index (χ4v) is 1.45. The summed E-state index contributed by atoms with van der Waals surface area (Å²) in [5.41, 5.74) is 0.686. The Bertz CT molecular complexity index is 177. The number of carbonyl (C=O) groups is 1. The third kappa shape index (κ3) is 1.13. The smallest absolute Gasteiger partial charge is 0.163 e. The lowest BCUT2D eigenvalue weighted by Gasteiger charge is -2.28. The van der Waals surface area contributed by atoms with Gasteiger partial charge in [-0.25, -0.2) is 0 Å². The van der Waals surface area contributed by atoms with Gasteiger partial charge in [0.2, 0.25) is 0 Å². The molecule has 0 aromatic carbocycles. The summed E-state index contributed by atoms with van der Waals surface area (Å²) in [5.74, 6) is 0.263. The minimum Gasteiger partial charge on any atom is -0.294 e. The van der Waals surface area contributed by atoms with Crippen LogP contribution in [0.3, 0.4) is 0 Å². The Hall–Kier alpha value is -0.590. The molecular formula is C9H14O. The lowest BCUT2D eigenvalue weighted by molar-refractivity contribution is -0.124. The summed E-state index contributed by atoms with van der Waals surface area (Å²) in [4.78, 5) is 11.3. The van der Waals surface area contributed by atoms with Gasteiger partial charge < -0.3 is 0 Å². The van der Waals surface area contributed by atoms with Crippen molar-refractivity contribution < 1.29 is 4.79 Å². The third-order valence-electron chi connectivity index (χ3n) is 2.22. The fraction of sp³-hybridized carbons (Fsp3) is 0.667. The standard InChI is InChI=1S/C9H14O/c1-7-5-4-6-9(2,3)8(7)10/h1,4-6H2,2-3H3. The average Bonchev–Trinajstić information content (AvgIpc) is 1.83. The van der Waals surface area contributed by atoms with Crippen molar-refractivity contribution in [2.45, 2.75) is 33.1 Å². The summed E-state index contributed by atoms with van der Waals surface area (Å²) in [5, 5.41) is 0. The van der Waals surface area contributed by atoms with Crippen molar-refractivity contribution in [1.29, 1.82) is 0 Å². The van der Waals surface area contributed by atoms with Gasteiger partial charge in [-0.05, 0) is 24.8 Å². The molecular weight excluding hydrogens is 124 g/mol.